The van der Waals surface area contributed by atoms with Gasteiger partial charge in [-0.3, -0.25) is 4.79 Å². The fourth-order valence-electron chi connectivity index (χ4n) is 1.84. The van der Waals surface area contributed by atoms with Crippen LogP contribution in [-0.2, 0) is 4.74 Å². The third kappa shape index (κ3) is 4.87. The van der Waals surface area contributed by atoms with Crippen molar-refractivity contribution in [3.8, 4) is 0 Å². The Kier molecular flexibility index (Phi) is 5.76. The van der Waals surface area contributed by atoms with Gasteiger partial charge in [0.1, 0.15) is 5.82 Å². The molecule has 0 atom stereocenters. The van der Waals surface area contributed by atoms with E-state index in [1.165, 1.54) is 18.2 Å². The molecule has 0 heterocycles. The van der Waals surface area contributed by atoms with E-state index >= 15 is 0 Å². The second kappa shape index (κ2) is 7.09. The average Bonchev–Trinajstić information content (AvgIpc) is 2.32. The van der Waals surface area contributed by atoms with Gasteiger partial charge < -0.3 is 15.4 Å². The first-order valence-corrected chi connectivity index (χ1v) is 6.28. The average molecular weight is 268 g/mol. The topological polar surface area (TPSA) is 55.6 Å². The summed E-state index contributed by atoms with van der Waals surface area (Å²) in [7, 11) is 1.58. The van der Waals surface area contributed by atoms with Crippen LogP contribution in [0, 0.1) is 11.7 Å². The maximum Gasteiger partial charge on any atom is 0.254 e. The molecule has 4 nitrogen and oxygen atoms in total. The van der Waals surface area contributed by atoms with Crippen LogP contribution >= 0.6 is 0 Å². The zero-order valence-corrected chi connectivity index (χ0v) is 11.6. The number of anilines is 1. The molecular formula is C14H21FN2O2. The first-order valence-electron chi connectivity index (χ1n) is 6.28. The van der Waals surface area contributed by atoms with Gasteiger partial charge in [0.2, 0.25) is 0 Å². The molecule has 1 aromatic carbocycles. The Morgan fingerprint density at radius 3 is 2.63 bits per heavy atom. The van der Waals surface area contributed by atoms with E-state index in [0.29, 0.717) is 25.6 Å². The molecule has 19 heavy (non-hydrogen) atoms. The predicted octanol–water partition coefficient (Wildman–Crippen LogP) is 2.15. The highest BCUT2D eigenvalue weighted by Crippen LogP contribution is 2.14. The third-order valence-corrected chi connectivity index (χ3v) is 2.61. The second-order valence-corrected chi connectivity index (χ2v) is 4.91. The first-order chi connectivity index (χ1) is 8.93. The molecule has 0 unspecified atom stereocenters. The lowest BCUT2D eigenvalue weighted by molar-refractivity contribution is 0.0672. The number of nitrogens with two attached hydrogens (primary N) is 1. The van der Waals surface area contributed by atoms with E-state index in [-0.39, 0.29) is 17.2 Å². The molecule has 0 aliphatic heterocycles. The molecule has 0 saturated heterocycles. The molecule has 1 amide bonds. The van der Waals surface area contributed by atoms with E-state index in [1.54, 1.807) is 12.0 Å². The molecule has 0 spiro atoms. The molecule has 0 fully saturated rings. The van der Waals surface area contributed by atoms with Crippen LogP contribution in [0.4, 0.5) is 10.1 Å². The summed E-state index contributed by atoms with van der Waals surface area (Å²) in [5.41, 5.74) is 6.09. The highest BCUT2D eigenvalue weighted by molar-refractivity contribution is 5.95. The van der Waals surface area contributed by atoms with Crippen LogP contribution < -0.4 is 5.73 Å². The van der Waals surface area contributed by atoms with Crippen LogP contribution in [0.15, 0.2) is 18.2 Å². The fraction of sp³-hybridized carbons (Fsp3) is 0.500. The van der Waals surface area contributed by atoms with Crippen LogP contribution in [0.5, 0.6) is 0 Å². The normalized spacial score (nSPS) is 10.8. The minimum atomic E-state index is -0.500. The SMILES string of the molecule is COCCN(CC(C)C)C(=O)c1cc(N)cc(F)c1. The number of hydrogen-bond donors (Lipinski definition) is 1. The van der Waals surface area contributed by atoms with Gasteiger partial charge in [-0.2, -0.15) is 0 Å². The summed E-state index contributed by atoms with van der Waals surface area (Å²) in [5, 5.41) is 0. The number of nitrogens with zero attached hydrogens (tertiary/aromatic N) is 1. The highest BCUT2D eigenvalue weighted by atomic mass is 19.1. The molecule has 2 N–H and O–H groups in total. The molecule has 106 valence electrons. The Labute approximate surface area is 113 Å². The van der Waals surface area contributed by atoms with Gasteiger partial charge in [-0.05, 0) is 24.1 Å². The summed E-state index contributed by atoms with van der Waals surface area (Å²) in [4.78, 5) is 14.0. The number of nitrogen functional groups attached to an aromatic ring is 1. The zero-order valence-electron chi connectivity index (χ0n) is 11.6. The van der Waals surface area contributed by atoms with E-state index in [9.17, 15) is 9.18 Å². The van der Waals surface area contributed by atoms with Crippen molar-refractivity contribution in [2.24, 2.45) is 5.92 Å². The molecule has 0 radical (unpaired) electrons. The van der Waals surface area contributed by atoms with E-state index in [0.717, 1.165) is 0 Å². The largest absolute Gasteiger partial charge is 0.399 e. The molecule has 0 saturated carbocycles. The third-order valence-electron chi connectivity index (χ3n) is 2.61. The van der Waals surface area contributed by atoms with Gasteiger partial charge >= 0.3 is 0 Å². The van der Waals surface area contributed by atoms with Crippen LogP contribution in [0.3, 0.4) is 0 Å². The Balaban J connectivity index is 2.90. The van der Waals surface area contributed by atoms with Crippen molar-refractivity contribution in [2.75, 3.05) is 32.5 Å². The number of methoxy groups -OCH3 is 1. The lowest BCUT2D eigenvalue weighted by Gasteiger charge is -2.24. The van der Waals surface area contributed by atoms with E-state index in [4.69, 9.17) is 10.5 Å². The van der Waals surface area contributed by atoms with Crippen molar-refractivity contribution in [1.82, 2.24) is 4.90 Å². The number of rotatable bonds is 6. The maximum atomic E-state index is 13.3. The van der Waals surface area contributed by atoms with Crippen molar-refractivity contribution in [2.45, 2.75) is 13.8 Å². The Bertz CT molecular complexity index is 415. The number of halogens is 1. The van der Waals surface area contributed by atoms with E-state index < -0.39 is 5.82 Å². The number of benzene rings is 1. The minimum Gasteiger partial charge on any atom is -0.399 e. The quantitative estimate of drug-likeness (QED) is 0.804. The molecule has 0 aliphatic carbocycles. The summed E-state index contributed by atoms with van der Waals surface area (Å²) in [6.07, 6.45) is 0. The van der Waals surface area contributed by atoms with E-state index in [2.05, 4.69) is 0 Å². The number of ether oxygens (including phenoxy) is 1. The zero-order chi connectivity index (χ0) is 14.4. The van der Waals surface area contributed by atoms with Gasteiger partial charge in [0.25, 0.3) is 5.91 Å². The number of hydrogen-bond acceptors (Lipinski definition) is 3. The molecule has 1 rings (SSSR count). The van der Waals surface area contributed by atoms with Gasteiger partial charge in [-0.15, -0.1) is 0 Å². The van der Waals surface area contributed by atoms with Crippen LogP contribution in [0.2, 0.25) is 0 Å². The lowest BCUT2D eigenvalue weighted by atomic mass is 10.1. The van der Waals surface area contributed by atoms with Gasteiger partial charge in [0.15, 0.2) is 0 Å². The summed E-state index contributed by atoms with van der Waals surface area (Å²) in [6, 6.07) is 3.89. The molecular weight excluding hydrogens is 247 g/mol. The molecule has 1 aromatic rings. The Morgan fingerprint density at radius 2 is 2.11 bits per heavy atom. The predicted molar refractivity (Wildman–Crippen MR) is 73.4 cm³/mol. The maximum absolute atomic E-state index is 13.3. The second-order valence-electron chi connectivity index (χ2n) is 4.91. The summed E-state index contributed by atoms with van der Waals surface area (Å²) in [6.45, 7) is 5.56. The van der Waals surface area contributed by atoms with Gasteiger partial charge in [-0.1, -0.05) is 13.8 Å². The van der Waals surface area contributed by atoms with Crippen molar-refractivity contribution >= 4 is 11.6 Å². The molecule has 0 bridgehead atoms. The lowest BCUT2D eigenvalue weighted by Crippen LogP contribution is -2.36. The summed E-state index contributed by atoms with van der Waals surface area (Å²) in [5.74, 6) is -0.400. The minimum absolute atomic E-state index is 0.225. The van der Waals surface area contributed by atoms with Crippen LogP contribution in [-0.4, -0.2) is 37.6 Å². The van der Waals surface area contributed by atoms with Crippen molar-refractivity contribution in [3.63, 3.8) is 0 Å². The number of amides is 1. The van der Waals surface area contributed by atoms with Crippen molar-refractivity contribution < 1.29 is 13.9 Å². The standard InChI is InChI=1S/C14H21FN2O2/c1-10(2)9-17(4-5-19-3)14(18)11-6-12(15)8-13(16)7-11/h6-8,10H,4-5,9,16H2,1-3H3. The first kappa shape index (κ1) is 15.4. The Morgan fingerprint density at radius 1 is 1.42 bits per heavy atom. The van der Waals surface area contributed by atoms with Crippen LogP contribution in [0.1, 0.15) is 24.2 Å². The summed E-state index contributed by atoms with van der Waals surface area (Å²) >= 11 is 0. The number of carbonyl (C=O) groups is 1. The molecule has 5 heteroatoms. The monoisotopic (exact) mass is 268 g/mol. The number of carbonyl (C=O) groups excluding carboxylic acids is 1. The van der Waals surface area contributed by atoms with Crippen molar-refractivity contribution in [1.29, 1.82) is 0 Å². The van der Waals surface area contributed by atoms with E-state index in [1.807, 2.05) is 13.8 Å². The van der Waals surface area contributed by atoms with Gasteiger partial charge in [-0.25, -0.2) is 4.39 Å². The fourth-order valence-corrected chi connectivity index (χ4v) is 1.84. The smallest absolute Gasteiger partial charge is 0.254 e. The van der Waals surface area contributed by atoms with Crippen LogP contribution in [0.25, 0.3) is 0 Å². The van der Waals surface area contributed by atoms with Crippen molar-refractivity contribution in [3.05, 3.63) is 29.6 Å². The van der Waals surface area contributed by atoms with Gasteiger partial charge in [0.05, 0.1) is 6.61 Å². The Hall–Kier alpha value is -1.62. The van der Waals surface area contributed by atoms with Gasteiger partial charge in [0, 0.05) is 31.5 Å². The highest BCUT2D eigenvalue weighted by Gasteiger charge is 2.17. The molecule has 0 aromatic heterocycles. The molecule has 0 aliphatic rings. The summed E-state index contributed by atoms with van der Waals surface area (Å²) < 4.78 is 18.3.